The Morgan fingerprint density at radius 3 is 2.54 bits per heavy atom. The van der Waals surface area contributed by atoms with Crippen molar-refractivity contribution in [3.8, 4) is 17.2 Å². The van der Waals surface area contributed by atoms with Gasteiger partial charge in [0.1, 0.15) is 16.9 Å². The second kappa shape index (κ2) is 8.24. The summed E-state index contributed by atoms with van der Waals surface area (Å²) in [5, 5.41) is 21.5. The molecule has 0 bridgehead atoms. The Balaban J connectivity index is 1.81. The lowest BCUT2D eigenvalue weighted by molar-refractivity contribution is -0.384. The van der Waals surface area contributed by atoms with Crippen LogP contribution in [0.15, 0.2) is 83.7 Å². The van der Waals surface area contributed by atoms with Crippen molar-refractivity contribution >= 4 is 16.7 Å². The zero-order valence-electron chi connectivity index (χ0n) is 19.1. The molecule has 8 heteroatoms. The van der Waals surface area contributed by atoms with Gasteiger partial charge >= 0.3 is 0 Å². The quantitative estimate of drug-likeness (QED) is 0.283. The maximum atomic E-state index is 11.7. The predicted molar refractivity (Wildman–Crippen MR) is 131 cm³/mol. The number of nitriles is 1. The zero-order valence-corrected chi connectivity index (χ0v) is 19.1. The van der Waals surface area contributed by atoms with E-state index in [2.05, 4.69) is 11.1 Å². The van der Waals surface area contributed by atoms with Crippen molar-refractivity contribution in [2.24, 2.45) is 12.8 Å². The summed E-state index contributed by atoms with van der Waals surface area (Å²) in [5.41, 5.74) is 10.6. The van der Waals surface area contributed by atoms with Crippen LogP contribution in [-0.4, -0.2) is 14.5 Å². The van der Waals surface area contributed by atoms with Crippen LogP contribution in [-0.2, 0) is 12.6 Å². The van der Waals surface area contributed by atoms with Gasteiger partial charge in [0.15, 0.2) is 0 Å². The molecule has 0 fully saturated rings. The maximum Gasteiger partial charge on any atom is 0.270 e. The molecule has 0 aliphatic rings. The molecule has 0 spiro atoms. The number of imidazole rings is 1. The van der Waals surface area contributed by atoms with Crippen LogP contribution in [0.25, 0.3) is 22.1 Å². The molecule has 35 heavy (non-hydrogen) atoms. The number of aryl methyl sites for hydroxylation is 2. The highest BCUT2D eigenvalue weighted by atomic mass is 16.6. The average molecular weight is 463 g/mol. The molecule has 2 heterocycles. The molecule has 5 aromatic rings. The van der Waals surface area contributed by atoms with Crippen LogP contribution < -0.4 is 5.73 Å². The van der Waals surface area contributed by atoms with Crippen LogP contribution in [0, 0.1) is 28.4 Å². The minimum Gasteiger partial charge on any atom is -0.458 e. The molecule has 172 valence electrons. The zero-order chi connectivity index (χ0) is 24.7. The van der Waals surface area contributed by atoms with E-state index in [0.29, 0.717) is 39.1 Å². The van der Waals surface area contributed by atoms with Gasteiger partial charge in [0, 0.05) is 30.1 Å². The van der Waals surface area contributed by atoms with Crippen LogP contribution in [0.1, 0.15) is 28.1 Å². The largest absolute Gasteiger partial charge is 0.458 e. The van der Waals surface area contributed by atoms with Crippen molar-refractivity contribution < 1.29 is 9.34 Å². The van der Waals surface area contributed by atoms with Crippen LogP contribution in [0.4, 0.5) is 5.69 Å². The van der Waals surface area contributed by atoms with Gasteiger partial charge in [0.2, 0.25) is 0 Å². The molecule has 0 saturated heterocycles. The van der Waals surface area contributed by atoms with E-state index in [1.54, 1.807) is 47.4 Å². The van der Waals surface area contributed by atoms with E-state index in [1.165, 1.54) is 12.1 Å². The first-order valence-electron chi connectivity index (χ1n) is 10.9. The van der Waals surface area contributed by atoms with Gasteiger partial charge in [0.25, 0.3) is 5.69 Å². The van der Waals surface area contributed by atoms with E-state index in [0.717, 1.165) is 11.1 Å². The number of furan rings is 1. The topological polar surface area (TPSA) is 124 Å². The molecule has 2 aromatic heterocycles. The smallest absolute Gasteiger partial charge is 0.270 e. The molecule has 0 radical (unpaired) electrons. The summed E-state index contributed by atoms with van der Waals surface area (Å²) in [4.78, 5) is 15.5. The van der Waals surface area contributed by atoms with Crippen LogP contribution in [0.2, 0.25) is 0 Å². The lowest BCUT2D eigenvalue weighted by Crippen LogP contribution is -2.40. The Bertz CT molecular complexity index is 1630. The molecule has 8 nitrogen and oxygen atoms in total. The number of nitro benzene ring substituents is 1. The molecule has 3 aromatic carbocycles. The predicted octanol–water partition coefficient (Wildman–Crippen LogP) is 5.17. The first-order chi connectivity index (χ1) is 16.8. The summed E-state index contributed by atoms with van der Waals surface area (Å²) in [6, 6.07) is 21.5. The lowest BCUT2D eigenvalue weighted by Gasteiger charge is -2.28. The first kappa shape index (κ1) is 22.1. The highest BCUT2D eigenvalue weighted by Gasteiger charge is 2.38. The molecule has 0 saturated carbocycles. The second-order valence-electron chi connectivity index (χ2n) is 8.54. The summed E-state index contributed by atoms with van der Waals surface area (Å²) in [5.74, 6) is 0.398. The van der Waals surface area contributed by atoms with Gasteiger partial charge in [-0.1, -0.05) is 42.0 Å². The molecule has 0 aliphatic heterocycles. The Hall–Kier alpha value is -4.74. The van der Waals surface area contributed by atoms with Gasteiger partial charge < -0.3 is 14.7 Å². The lowest BCUT2D eigenvalue weighted by atomic mass is 9.84. The minimum absolute atomic E-state index is 0.0390. The third kappa shape index (κ3) is 3.64. The average Bonchev–Trinajstić information content (AvgIpc) is 3.49. The molecule has 1 unspecified atom stereocenters. The van der Waals surface area contributed by atoms with E-state index in [4.69, 9.17) is 10.2 Å². The standard InChI is InChI=1S/C27H21N5O3/c1-17-4-3-5-19(10-17)23-13-22(32(33)34)11-20-12-25(35-26(20)23)27(29,24-15-30-16-31(24)2)21-8-6-18(14-28)7-9-21/h3-13,15-16H,29H2,1-2H3. The number of hydrogen-bond acceptors (Lipinski definition) is 6. The van der Waals surface area contributed by atoms with Gasteiger partial charge in [-0.25, -0.2) is 4.98 Å². The first-order valence-corrected chi connectivity index (χ1v) is 10.9. The van der Waals surface area contributed by atoms with Crippen molar-refractivity contribution in [1.29, 1.82) is 5.26 Å². The molecule has 2 N–H and O–H groups in total. The summed E-state index contributed by atoms with van der Waals surface area (Å²) in [6.45, 7) is 1.96. The van der Waals surface area contributed by atoms with Gasteiger partial charge in [-0.15, -0.1) is 0 Å². The van der Waals surface area contributed by atoms with E-state index < -0.39 is 10.5 Å². The number of hydrogen-bond donors (Lipinski definition) is 1. The number of rotatable bonds is 5. The molecule has 0 aliphatic carbocycles. The fraction of sp³-hybridized carbons (Fsp3) is 0.111. The summed E-state index contributed by atoms with van der Waals surface area (Å²) in [7, 11) is 1.83. The third-order valence-corrected chi connectivity index (χ3v) is 6.22. The monoisotopic (exact) mass is 463 g/mol. The van der Waals surface area contributed by atoms with Crippen molar-refractivity contribution in [3.63, 3.8) is 0 Å². The number of benzene rings is 3. The normalized spacial score (nSPS) is 12.9. The SMILES string of the molecule is Cc1cccc(-c2cc([N+](=O)[O-])cc3cc(C(N)(c4ccc(C#N)cc4)c4cncn4C)oc23)c1. The van der Waals surface area contributed by atoms with Gasteiger partial charge in [-0.3, -0.25) is 10.1 Å². The molecule has 1 atom stereocenters. The van der Waals surface area contributed by atoms with Gasteiger partial charge in [-0.2, -0.15) is 5.26 Å². The molecular formula is C27H21N5O3. The number of nitrogens with two attached hydrogens (primary N) is 1. The van der Waals surface area contributed by atoms with Crippen molar-refractivity contribution in [3.05, 3.63) is 118 Å². The van der Waals surface area contributed by atoms with Gasteiger partial charge in [0.05, 0.1) is 34.8 Å². The second-order valence-corrected chi connectivity index (χ2v) is 8.54. The summed E-state index contributed by atoms with van der Waals surface area (Å²) >= 11 is 0. The Morgan fingerprint density at radius 1 is 1.14 bits per heavy atom. The van der Waals surface area contributed by atoms with E-state index in [1.807, 2.05) is 38.2 Å². The maximum absolute atomic E-state index is 11.7. The number of fused-ring (bicyclic) bond motifs is 1. The van der Waals surface area contributed by atoms with Crippen LogP contribution >= 0.6 is 0 Å². The molecule has 5 rings (SSSR count). The minimum atomic E-state index is -1.27. The van der Waals surface area contributed by atoms with Gasteiger partial charge in [-0.05, 0) is 36.2 Å². The summed E-state index contributed by atoms with van der Waals surface area (Å²) < 4.78 is 8.23. The number of nitro groups is 1. The molecule has 0 amide bonds. The van der Waals surface area contributed by atoms with E-state index in [9.17, 15) is 15.4 Å². The Labute approximate surface area is 201 Å². The van der Waals surface area contributed by atoms with E-state index >= 15 is 0 Å². The number of aromatic nitrogens is 2. The van der Waals surface area contributed by atoms with Crippen LogP contribution in [0.5, 0.6) is 0 Å². The summed E-state index contributed by atoms with van der Waals surface area (Å²) in [6.07, 6.45) is 3.31. The molecular weight excluding hydrogens is 442 g/mol. The fourth-order valence-corrected chi connectivity index (χ4v) is 4.43. The highest BCUT2D eigenvalue weighted by Crippen LogP contribution is 2.41. The van der Waals surface area contributed by atoms with Crippen molar-refractivity contribution in [2.75, 3.05) is 0 Å². The number of non-ortho nitro benzene ring substituents is 1. The van der Waals surface area contributed by atoms with Crippen molar-refractivity contribution in [2.45, 2.75) is 12.5 Å². The van der Waals surface area contributed by atoms with E-state index in [-0.39, 0.29) is 5.69 Å². The van der Waals surface area contributed by atoms with Crippen molar-refractivity contribution in [1.82, 2.24) is 9.55 Å². The fourth-order valence-electron chi connectivity index (χ4n) is 4.43. The highest BCUT2D eigenvalue weighted by molar-refractivity contribution is 5.95. The van der Waals surface area contributed by atoms with Crippen LogP contribution in [0.3, 0.4) is 0 Å². The Kier molecular flexibility index (Phi) is 5.20. The Morgan fingerprint density at radius 2 is 1.91 bits per heavy atom. The third-order valence-electron chi connectivity index (χ3n) is 6.22. The number of nitrogens with zero attached hydrogens (tertiary/aromatic N) is 4.